The van der Waals surface area contributed by atoms with Gasteiger partial charge in [-0.1, -0.05) is 18.2 Å². The minimum absolute atomic E-state index is 0.0509. The summed E-state index contributed by atoms with van der Waals surface area (Å²) in [5.41, 5.74) is 3.18. The predicted octanol–water partition coefficient (Wildman–Crippen LogP) is 3.87. The van der Waals surface area contributed by atoms with Crippen LogP contribution in [0, 0.1) is 18.8 Å². The summed E-state index contributed by atoms with van der Waals surface area (Å²) >= 11 is 0. The molecule has 0 spiro atoms. The summed E-state index contributed by atoms with van der Waals surface area (Å²) in [5.74, 6) is -0.132. The van der Waals surface area contributed by atoms with Gasteiger partial charge in [0.1, 0.15) is 11.9 Å². The third-order valence-corrected chi connectivity index (χ3v) is 6.09. The fourth-order valence-electron chi connectivity index (χ4n) is 4.41. The number of nitrogens with zero attached hydrogens (tertiary/aromatic N) is 4. The van der Waals surface area contributed by atoms with Gasteiger partial charge in [-0.2, -0.15) is 9.45 Å². The molecule has 0 aliphatic carbocycles. The van der Waals surface area contributed by atoms with Gasteiger partial charge < -0.3 is 9.47 Å². The van der Waals surface area contributed by atoms with E-state index in [2.05, 4.69) is 10.1 Å². The first-order valence-corrected chi connectivity index (χ1v) is 11.8. The lowest BCUT2D eigenvalue weighted by molar-refractivity contribution is -0.155. The van der Waals surface area contributed by atoms with Crippen LogP contribution in [-0.2, 0) is 20.8 Å². The number of aromatic nitrogens is 3. The number of hydroxylamine groups is 2. The number of hydrogen-bond acceptors (Lipinski definition) is 7. The minimum atomic E-state index is -0.572. The van der Waals surface area contributed by atoms with E-state index >= 15 is 0 Å². The number of carbonyl (C=O) groups excluding carboxylic acids is 1. The SMILES string of the molecule is CCOc1nn(-c2ccccc2)c(CC(=O)C[C@@H]2CN(CCOC)O[C@H]2c2ccnc(F)c2)c1C. The highest BCUT2D eigenvalue weighted by atomic mass is 19.1. The first-order chi connectivity index (χ1) is 17.0. The Hall–Kier alpha value is -3.14. The zero-order valence-corrected chi connectivity index (χ0v) is 20.3. The normalized spacial score (nSPS) is 18.2. The molecular weight excluding hydrogens is 451 g/mol. The first-order valence-electron chi connectivity index (χ1n) is 11.8. The highest BCUT2D eigenvalue weighted by Gasteiger charge is 2.37. The second-order valence-electron chi connectivity index (χ2n) is 8.56. The van der Waals surface area contributed by atoms with Gasteiger partial charge in [0.15, 0.2) is 0 Å². The summed E-state index contributed by atoms with van der Waals surface area (Å²) in [6.45, 7) is 5.92. The van der Waals surface area contributed by atoms with E-state index in [1.807, 2.05) is 44.2 Å². The van der Waals surface area contributed by atoms with Crippen molar-refractivity contribution in [2.75, 3.05) is 33.4 Å². The van der Waals surface area contributed by atoms with E-state index in [1.165, 1.54) is 12.3 Å². The van der Waals surface area contributed by atoms with Crippen molar-refractivity contribution in [2.24, 2.45) is 5.92 Å². The molecule has 0 N–H and O–H groups in total. The van der Waals surface area contributed by atoms with Crippen molar-refractivity contribution in [2.45, 2.75) is 32.8 Å². The number of hydrogen-bond donors (Lipinski definition) is 0. The summed E-state index contributed by atoms with van der Waals surface area (Å²) < 4.78 is 26.5. The molecule has 1 aromatic carbocycles. The van der Waals surface area contributed by atoms with Crippen molar-refractivity contribution >= 4 is 5.78 Å². The lowest BCUT2D eigenvalue weighted by atomic mass is 9.91. The quantitative estimate of drug-likeness (QED) is 0.384. The molecular formula is C26H31FN4O4. The second kappa shape index (κ2) is 11.5. The number of carbonyl (C=O) groups is 1. The molecule has 0 radical (unpaired) electrons. The molecule has 0 unspecified atom stereocenters. The molecule has 1 aliphatic rings. The van der Waals surface area contributed by atoms with Crippen LogP contribution in [0.15, 0.2) is 48.7 Å². The van der Waals surface area contributed by atoms with Crippen LogP contribution in [0.4, 0.5) is 4.39 Å². The minimum Gasteiger partial charge on any atom is -0.477 e. The largest absolute Gasteiger partial charge is 0.477 e. The number of ether oxygens (including phenoxy) is 2. The van der Waals surface area contributed by atoms with Crippen LogP contribution in [0.1, 0.15) is 36.3 Å². The van der Waals surface area contributed by atoms with Gasteiger partial charge in [-0.05, 0) is 43.7 Å². The molecule has 1 fully saturated rings. The van der Waals surface area contributed by atoms with Gasteiger partial charge in [0, 0.05) is 50.7 Å². The molecule has 8 nitrogen and oxygen atoms in total. The molecule has 4 rings (SSSR count). The zero-order valence-electron chi connectivity index (χ0n) is 20.3. The van der Waals surface area contributed by atoms with Gasteiger partial charge in [0.25, 0.3) is 0 Å². The maximum atomic E-state index is 13.8. The van der Waals surface area contributed by atoms with E-state index in [4.69, 9.17) is 14.3 Å². The third-order valence-electron chi connectivity index (χ3n) is 6.09. The number of benzene rings is 1. The van der Waals surface area contributed by atoms with E-state index in [-0.39, 0.29) is 24.5 Å². The van der Waals surface area contributed by atoms with Crippen LogP contribution in [0.3, 0.4) is 0 Å². The maximum Gasteiger partial charge on any atom is 0.236 e. The Labute approximate surface area is 204 Å². The molecule has 3 heterocycles. The summed E-state index contributed by atoms with van der Waals surface area (Å²) in [4.78, 5) is 23.1. The summed E-state index contributed by atoms with van der Waals surface area (Å²) in [6, 6.07) is 12.8. The Balaban J connectivity index is 1.55. The van der Waals surface area contributed by atoms with Gasteiger partial charge in [0.2, 0.25) is 11.8 Å². The van der Waals surface area contributed by atoms with Gasteiger partial charge in [-0.25, -0.2) is 9.67 Å². The topological polar surface area (TPSA) is 78.7 Å². The Morgan fingerprint density at radius 1 is 1.26 bits per heavy atom. The Morgan fingerprint density at radius 3 is 2.77 bits per heavy atom. The molecule has 186 valence electrons. The fraction of sp³-hybridized carbons (Fsp3) is 0.423. The molecule has 35 heavy (non-hydrogen) atoms. The maximum absolute atomic E-state index is 13.8. The van der Waals surface area contributed by atoms with Gasteiger partial charge in [0.05, 0.1) is 24.6 Å². The van der Waals surface area contributed by atoms with Crippen LogP contribution < -0.4 is 4.74 Å². The van der Waals surface area contributed by atoms with E-state index in [1.54, 1.807) is 22.9 Å². The van der Waals surface area contributed by atoms with Crippen molar-refractivity contribution in [1.29, 1.82) is 0 Å². The predicted molar refractivity (Wildman–Crippen MR) is 128 cm³/mol. The highest BCUT2D eigenvalue weighted by Crippen LogP contribution is 2.37. The summed E-state index contributed by atoms with van der Waals surface area (Å²) in [5, 5.41) is 6.41. The van der Waals surface area contributed by atoms with Crippen molar-refractivity contribution in [3.63, 3.8) is 0 Å². The molecule has 3 aromatic rings. The van der Waals surface area contributed by atoms with Gasteiger partial charge in [-0.15, -0.1) is 5.10 Å². The lowest BCUT2D eigenvalue weighted by Crippen LogP contribution is -2.24. The van der Waals surface area contributed by atoms with Crippen LogP contribution in [-0.4, -0.2) is 59.0 Å². The molecule has 0 bridgehead atoms. The van der Waals surface area contributed by atoms with E-state index in [9.17, 15) is 9.18 Å². The average molecular weight is 483 g/mol. The molecule has 0 saturated carbocycles. The van der Waals surface area contributed by atoms with Gasteiger partial charge in [-0.3, -0.25) is 9.63 Å². The van der Waals surface area contributed by atoms with Crippen molar-refractivity contribution < 1.29 is 23.5 Å². The average Bonchev–Trinajstić information content (AvgIpc) is 3.39. The monoisotopic (exact) mass is 482 g/mol. The van der Waals surface area contributed by atoms with Crippen LogP contribution in [0.25, 0.3) is 5.69 Å². The molecule has 1 saturated heterocycles. The summed E-state index contributed by atoms with van der Waals surface area (Å²) in [7, 11) is 1.63. The third kappa shape index (κ3) is 5.93. The smallest absolute Gasteiger partial charge is 0.236 e. The van der Waals surface area contributed by atoms with Crippen LogP contribution in [0.2, 0.25) is 0 Å². The zero-order chi connectivity index (χ0) is 24.8. The number of halogens is 1. The molecule has 0 amide bonds. The van der Waals surface area contributed by atoms with Gasteiger partial charge >= 0.3 is 0 Å². The highest BCUT2D eigenvalue weighted by molar-refractivity contribution is 5.81. The van der Waals surface area contributed by atoms with E-state index in [0.717, 1.165) is 16.9 Å². The molecule has 2 atom stereocenters. The number of rotatable bonds is 11. The van der Waals surface area contributed by atoms with Crippen molar-refractivity contribution in [3.8, 4) is 11.6 Å². The van der Waals surface area contributed by atoms with E-state index < -0.39 is 12.1 Å². The molecule has 2 aromatic heterocycles. The standard InChI is InChI=1S/C26H31FN4O4/c1-4-34-26-18(2)23(31(29-26)21-8-6-5-7-9-21)16-22(32)14-20-17-30(12-13-33-3)35-25(20)19-10-11-28-24(27)15-19/h5-11,15,20,25H,4,12-14,16-17H2,1-3H3/t20-,25+/m1/s1. The Kier molecular flexibility index (Phi) is 8.22. The van der Waals surface area contributed by atoms with Crippen LogP contribution in [0.5, 0.6) is 5.88 Å². The van der Waals surface area contributed by atoms with E-state index in [0.29, 0.717) is 37.7 Å². The molecule has 9 heteroatoms. The number of methoxy groups -OCH3 is 1. The van der Waals surface area contributed by atoms with Crippen molar-refractivity contribution in [1.82, 2.24) is 19.8 Å². The first kappa shape index (κ1) is 25.0. The Morgan fingerprint density at radius 2 is 2.06 bits per heavy atom. The number of Topliss-reactive ketones (excluding diaryl/α,β-unsaturated/α-hetero) is 1. The van der Waals surface area contributed by atoms with Crippen LogP contribution >= 0.6 is 0 Å². The number of pyridine rings is 1. The number of para-hydroxylation sites is 1. The lowest BCUT2D eigenvalue weighted by Gasteiger charge is -2.17. The Bertz CT molecular complexity index is 1140. The van der Waals surface area contributed by atoms with Crippen molar-refractivity contribution in [3.05, 3.63) is 71.4 Å². The summed E-state index contributed by atoms with van der Waals surface area (Å²) in [6.07, 6.45) is 1.46. The second-order valence-corrected chi connectivity index (χ2v) is 8.56. The fourth-order valence-corrected chi connectivity index (χ4v) is 4.41. The number of ketones is 1. The molecule has 1 aliphatic heterocycles.